The van der Waals surface area contributed by atoms with Crippen LogP contribution in [-0.2, 0) is 30.5 Å². The fourth-order valence-electron chi connectivity index (χ4n) is 6.24. The fraction of sp³-hybridized carbons (Fsp3) is 0.793. The first-order valence-electron chi connectivity index (χ1n) is 14.4. The van der Waals surface area contributed by atoms with E-state index in [1.54, 1.807) is 0 Å². The molecule has 0 radical (unpaired) electrons. The molecule has 1 spiro atoms. The number of hydrogen-bond acceptors (Lipinski definition) is 5. The fourth-order valence-corrected chi connectivity index (χ4v) is 7.50. The summed E-state index contributed by atoms with van der Waals surface area (Å²) in [4.78, 5) is 0. The number of nitrogens with zero attached hydrogens (tertiary/aromatic N) is 1. The maximum absolute atomic E-state index is 12.7. The van der Waals surface area contributed by atoms with Gasteiger partial charge < -0.3 is 9.47 Å². The highest BCUT2D eigenvalue weighted by molar-refractivity contribution is 7.84. The summed E-state index contributed by atoms with van der Waals surface area (Å²) < 4.78 is 44.8. The lowest BCUT2D eigenvalue weighted by Crippen LogP contribution is -2.71. The third kappa shape index (κ3) is 6.17. The molecule has 4 atom stereocenters. The molecule has 6 nitrogen and oxygen atoms in total. The maximum atomic E-state index is 12.7. The quantitative estimate of drug-likeness (QED) is 0.183. The van der Waals surface area contributed by atoms with Crippen molar-refractivity contribution in [1.82, 2.24) is 4.31 Å². The number of unbranched alkanes of at least 4 members (excludes halogenated alkanes) is 11. The van der Waals surface area contributed by atoms with Crippen molar-refractivity contribution in [1.29, 1.82) is 0 Å². The molecule has 0 N–H and O–H groups in total. The van der Waals surface area contributed by atoms with Gasteiger partial charge in [0.25, 0.3) is 0 Å². The first kappa shape index (κ1) is 28.0. The molecular weight excluding hydrogens is 474 g/mol. The van der Waals surface area contributed by atoms with E-state index in [4.69, 9.17) is 13.7 Å². The van der Waals surface area contributed by atoms with Crippen molar-refractivity contribution in [3.8, 4) is 0 Å². The zero-order valence-electron chi connectivity index (χ0n) is 22.6. The van der Waals surface area contributed by atoms with Crippen LogP contribution in [-0.4, -0.2) is 48.8 Å². The molecule has 1 unspecified atom stereocenters. The zero-order chi connectivity index (χ0) is 25.7. The van der Waals surface area contributed by atoms with Crippen molar-refractivity contribution in [3.05, 3.63) is 35.9 Å². The topological polar surface area (TPSA) is 68.4 Å². The van der Waals surface area contributed by atoms with Crippen LogP contribution in [0.4, 0.5) is 0 Å². The van der Waals surface area contributed by atoms with Gasteiger partial charge in [0.1, 0.15) is 6.10 Å². The number of hydrogen-bond donors (Lipinski definition) is 0. The average molecular weight is 522 g/mol. The number of ether oxygens (including phenoxy) is 2. The summed E-state index contributed by atoms with van der Waals surface area (Å²) >= 11 is 0. The molecule has 3 fully saturated rings. The number of epoxide rings is 1. The first-order valence-corrected chi connectivity index (χ1v) is 15.7. The van der Waals surface area contributed by atoms with E-state index in [2.05, 4.69) is 20.8 Å². The minimum atomic E-state index is -3.78. The van der Waals surface area contributed by atoms with Gasteiger partial charge in [-0.2, -0.15) is 12.7 Å². The zero-order valence-corrected chi connectivity index (χ0v) is 23.4. The third-order valence-electron chi connectivity index (χ3n) is 8.44. The van der Waals surface area contributed by atoms with Gasteiger partial charge in [0.05, 0.1) is 24.4 Å². The molecule has 4 rings (SSSR count). The van der Waals surface area contributed by atoms with Crippen LogP contribution in [0.15, 0.2) is 30.3 Å². The van der Waals surface area contributed by atoms with Crippen molar-refractivity contribution < 1.29 is 22.1 Å². The summed E-state index contributed by atoms with van der Waals surface area (Å²) in [7, 11) is -3.78. The van der Waals surface area contributed by atoms with E-state index in [0.717, 1.165) is 18.4 Å². The first-order chi connectivity index (χ1) is 17.3. The lowest BCUT2D eigenvalue weighted by Gasteiger charge is -2.53. The second-order valence-electron chi connectivity index (χ2n) is 11.5. The Morgan fingerprint density at radius 3 is 2.03 bits per heavy atom. The molecular formula is C29H47NO5S. The molecule has 1 aromatic rings. The molecule has 7 heteroatoms. The Labute approximate surface area is 219 Å². The van der Waals surface area contributed by atoms with Crippen LogP contribution in [0.3, 0.4) is 0 Å². The molecule has 0 amide bonds. The second-order valence-corrected chi connectivity index (χ2v) is 13.0. The highest BCUT2D eigenvalue weighted by Gasteiger charge is 2.80. The van der Waals surface area contributed by atoms with Gasteiger partial charge >= 0.3 is 10.3 Å². The van der Waals surface area contributed by atoms with E-state index in [1.807, 2.05) is 30.3 Å². The Balaban J connectivity index is 1.20. The summed E-state index contributed by atoms with van der Waals surface area (Å²) in [5.74, 6) is 0. The van der Waals surface area contributed by atoms with Gasteiger partial charge in [-0.3, -0.25) is 4.18 Å². The molecule has 0 saturated carbocycles. The van der Waals surface area contributed by atoms with Crippen LogP contribution in [0.1, 0.15) is 110 Å². The minimum Gasteiger partial charge on any atom is -0.364 e. The van der Waals surface area contributed by atoms with Crippen LogP contribution in [0, 0.1) is 0 Å². The molecule has 204 valence electrons. The Morgan fingerprint density at radius 2 is 1.44 bits per heavy atom. The average Bonchev–Trinajstić information content (AvgIpc) is 3.55. The summed E-state index contributed by atoms with van der Waals surface area (Å²) in [6.07, 6.45) is 16.9. The van der Waals surface area contributed by atoms with Gasteiger partial charge in [-0.1, -0.05) is 114 Å². The van der Waals surface area contributed by atoms with Gasteiger partial charge in [-0.15, -0.1) is 0 Å². The minimum absolute atomic E-state index is 0.117. The SMILES string of the molecule is CCCCCCCCCCCCCC[C@@H]1OC12[C@@H]([C@H]1COS(=O)(=O)N1Cc1ccccc1)OC2(C)C. The van der Waals surface area contributed by atoms with E-state index >= 15 is 0 Å². The van der Waals surface area contributed by atoms with Crippen LogP contribution in [0.2, 0.25) is 0 Å². The Bertz CT molecular complexity index is 921. The van der Waals surface area contributed by atoms with Gasteiger partial charge in [-0.05, 0) is 25.8 Å². The molecule has 1 aromatic carbocycles. The predicted molar refractivity (Wildman–Crippen MR) is 143 cm³/mol. The van der Waals surface area contributed by atoms with E-state index in [-0.39, 0.29) is 31.4 Å². The Morgan fingerprint density at radius 1 is 0.861 bits per heavy atom. The molecule has 3 saturated heterocycles. The second kappa shape index (κ2) is 12.2. The van der Waals surface area contributed by atoms with Crippen molar-refractivity contribution >= 4 is 10.3 Å². The van der Waals surface area contributed by atoms with Gasteiger partial charge in [-0.25, -0.2) is 0 Å². The number of rotatable bonds is 16. The summed E-state index contributed by atoms with van der Waals surface area (Å²) in [6.45, 7) is 6.81. The molecule has 0 aromatic heterocycles. The molecule has 0 aliphatic carbocycles. The van der Waals surface area contributed by atoms with Crippen molar-refractivity contribution in [2.75, 3.05) is 6.61 Å². The Hall–Kier alpha value is -0.990. The largest absolute Gasteiger partial charge is 0.364 e. The predicted octanol–water partition coefficient (Wildman–Crippen LogP) is 6.54. The van der Waals surface area contributed by atoms with Crippen LogP contribution >= 0.6 is 0 Å². The van der Waals surface area contributed by atoms with Gasteiger partial charge in [0.2, 0.25) is 0 Å². The van der Waals surface area contributed by atoms with Crippen LogP contribution in [0.5, 0.6) is 0 Å². The van der Waals surface area contributed by atoms with E-state index < -0.39 is 21.5 Å². The summed E-state index contributed by atoms with van der Waals surface area (Å²) in [5.41, 5.74) is 0.117. The third-order valence-corrected chi connectivity index (χ3v) is 9.85. The standard InChI is InChI=1S/C29H47NO5S/c1-4-5-6-7-8-9-10-11-12-13-14-18-21-26-29(34-26)27(35-28(29,2)3)25-23-33-36(31,32)30(25)22-24-19-16-15-17-20-24/h15-17,19-20,25-27H,4-14,18,21-23H2,1-3H3/t25-,26+,27-,29?/m1/s1. The highest BCUT2D eigenvalue weighted by Crippen LogP contribution is 2.62. The maximum Gasteiger partial charge on any atom is 0.339 e. The summed E-state index contributed by atoms with van der Waals surface area (Å²) in [6, 6.07) is 9.29. The van der Waals surface area contributed by atoms with E-state index in [0.29, 0.717) is 0 Å². The van der Waals surface area contributed by atoms with Gasteiger partial charge in [0.15, 0.2) is 5.60 Å². The van der Waals surface area contributed by atoms with Crippen LogP contribution in [0.25, 0.3) is 0 Å². The van der Waals surface area contributed by atoms with Gasteiger partial charge in [0, 0.05) is 6.54 Å². The normalized spacial score (nSPS) is 30.5. The summed E-state index contributed by atoms with van der Waals surface area (Å²) in [5, 5.41) is 0. The smallest absolute Gasteiger partial charge is 0.339 e. The molecule has 36 heavy (non-hydrogen) atoms. The molecule has 3 heterocycles. The van der Waals surface area contributed by atoms with Crippen molar-refractivity contribution in [3.63, 3.8) is 0 Å². The van der Waals surface area contributed by atoms with E-state index in [1.165, 1.54) is 74.9 Å². The molecule has 0 bridgehead atoms. The number of benzene rings is 1. The monoisotopic (exact) mass is 521 g/mol. The van der Waals surface area contributed by atoms with Crippen LogP contribution < -0.4 is 0 Å². The lowest BCUT2D eigenvalue weighted by molar-refractivity contribution is -0.267. The van der Waals surface area contributed by atoms with Crippen molar-refractivity contribution in [2.45, 2.75) is 140 Å². The van der Waals surface area contributed by atoms with E-state index in [9.17, 15) is 8.42 Å². The molecule has 3 aliphatic heterocycles. The van der Waals surface area contributed by atoms with Crippen molar-refractivity contribution in [2.24, 2.45) is 0 Å². The highest BCUT2D eigenvalue weighted by atomic mass is 32.2. The molecule has 3 aliphatic rings. The Kier molecular flexibility index (Phi) is 9.54. The lowest BCUT2D eigenvalue weighted by atomic mass is 9.73.